The van der Waals surface area contributed by atoms with Crippen LogP contribution in [0.2, 0.25) is 0 Å². The van der Waals surface area contributed by atoms with Crippen molar-refractivity contribution < 1.29 is 9.53 Å². The van der Waals surface area contributed by atoms with E-state index in [1.54, 1.807) is 0 Å². The minimum atomic E-state index is -0.429. The summed E-state index contributed by atoms with van der Waals surface area (Å²) in [7, 11) is 0. The average Bonchev–Trinajstić information content (AvgIpc) is 2.18. The van der Waals surface area contributed by atoms with Crippen molar-refractivity contribution in [1.29, 1.82) is 0 Å². The van der Waals surface area contributed by atoms with Crippen LogP contribution in [0, 0.1) is 6.92 Å². The number of anilines is 1. The fraction of sp³-hybridized carbons (Fsp3) is 0.533. The van der Waals surface area contributed by atoms with E-state index in [2.05, 4.69) is 0 Å². The zero-order valence-electron chi connectivity index (χ0n) is 11.9. The van der Waals surface area contributed by atoms with Crippen LogP contribution in [0.1, 0.15) is 51.2 Å². The zero-order chi connectivity index (χ0) is 13.9. The van der Waals surface area contributed by atoms with E-state index >= 15 is 0 Å². The predicted octanol–water partition coefficient (Wildman–Crippen LogP) is 3.41. The van der Waals surface area contributed by atoms with Crippen LogP contribution < -0.4 is 5.73 Å². The molecule has 0 aliphatic carbocycles. The molecule has 1 atom stereocenters. The minimum Gasteiger partial charge on any atom is -0.460 e. The maximum absolute atomic E-state index is 11.8. The first-order valence-corrected chi connectivity index (χ1v) is 6.27. The highest BCUT2D eigenvalue weighted by molar-refractivity contribution is 5.71. The van der Waals surface area contributed by atoms with Gasteiger partial charge >= 0.3 is 5.97 Å². The SMILES string of the molecule is Cc1c(N)cccc1C(C)CC(=O)OC(C)(C)C. The van der Waals surface area contributed by atoms with Gasteiger partial charge in [-0.2, -0.15) is 0 Å². The minimum absolute atomic E-state index is 0.114. The Kier molecular flexibility index (Phi) is 4.38. The molecule has 3 heteroatoms. The first-order chi connectivity index (χ1) is 8.20. The monoisotopic (exact) mass is 249 g/mol. The number of ether oxygens (including phenoxy) is 1. The number of carbonyl (C=O) groups excluding carboxylic acids is 1. The van der Waals surface area contributed by atoms with Crippen molar-refractivity contribution in [3.8, 4) is 0 Å². The number of nitrogen functional groups attached to an aromatic ring is 1. The van der Waals surface area contributed by atoms with Crippen molar-refractivity contribution in [2.45, 2.75) is 52.6 Å². The molecule has 0 spiro atoms. The molecule has 0 heterocycles. The highest BCUT2D eigenvalue weighted by Gasteiger charge is 2.20. The number of carbonyl (C=O) groups is 1. The van der Waals surface area contributed by atoms with Crippen LogP contribution in [0.4, 0.5) is 5.69 Å². The summed E-state index contributed by atoms with van der Waals surface area (Å²) in [6, 6.07) is 5.81. The third-order valence-electron chi connectivity index (χ3n) is 2.84. The highest BCUT2D eigenvalue weighted by atomic mass is 16.6. The van der Waals surface area contributed by atoms with Gasteiger partial charge in [0.1, 0.15) is 5.60 Å². The summed E-state index contributed by atoms with van der Waals surface area (Å²) in [6.07, 6.45) is 0.377. The van der Waals surface area contributed by atoms with Crippen molar-refractivity contribution in [2.24, 2.45) is 0 Å². The molecular weight excluding hydrogens is 226 g/mol. The normalized spacial score (nSPS) is 13.2. The van der Waals surface area contributed by atoms with Gasteiger partial charge in [-0.15, -0.1) is 0 Å². The Labute approximate surface area is 109 Å². The van der Waals surface area contributed by atoms with Crippen LogP contribution in [0.3, 0.4) is 0 Å². The average molecular weight is 249 g/mol. The Morgan fingerprint density at radius 1 is 1.39 bits per heavy atom. The van der Waals surface area contributed by atoms with Crippen molar-refractivity contribution in [3.05, 3.63) is 29.3 Å². The Balaban J connectivity index is 2.74. The fourth-order valence-corrected chi connectivity index (χ4v) is 1.95. The number of rotatable bonds is 3. The lowest BCUT2D eigenvalue weighted by atomic mass is 9.93. The van der Waals surface area contributed by atoms with Gasteiger partial charge in [-0.25, -0.2) is 0 Å². The maximum Gasteiger partial charge on any atom is 0.306 e. The van der Waals surface area contributed by atoms with Crippen LogP contribution in [0.25, 0.3) is 0 Å². The quantitative estimate of drug-likeness (QED) is 0.659. The Morgan fingerprint density at radius 2 is 2.00 bits per heavy atom. The molecule has 0 bridgehead atoms. The summed E-state index contributed by atoms with van der Waals surface area (Å²) in [6.45, 7) is 9.63. The molecule has 3 nitrogen and oxygen atoms in total. The Bertz CT molecular complexity index is 433. The van der Waals surface area contributed by atoms with Crippen molar-refractivity contribution in [3.63, 3.8) is 0 Å². The molecule has 0 aliphatic rings. The lowest BCUT2D eigenvalue weighted by Crippen LogP contribution is -2.24. The second-order valence-electron chi connectivity index (χ2n) is 5.75. The molecule has 0 saturated heterocycles. The topological polar surface area (TPSA) is 52.3 Å². The summed E-state index contributed by atoms with van der Waals surface area (Å²) < 4.78 is 5.33. The van der Waals surface area contributed by atoms with E-state index in [0.29, 0.717) is 6.42 Å². The van der Waals surface area contributed by atoms with E-state index in [1.807, 2.05) is 52.8 Å². The molecule has 0 radical (unpaired) electrons. The van der Waals surface area contributed by atoms with E-state index in [9.17, 15) is 4.79 Å². The van der Waals surface area contributed by atoms with Gasteiger partial charge in [-0.3, -0.25) is 4.79 Å². The largest absolute Gasteiger partial charge is 0.460 e. The summed E-state index contributed by atoms with van der Waals surface area (Å²) in [5, 5.41) is 0. The third kappa shape index (κ3) is 4.06. The van der Waals surface area contributed by atoms with Gasteiger partial charge in [0, 0.05) is 5.69 Å². The van der Waals surface area contributed by atoms with Crippen LogP contribution in [0.5, 0.6) is 0 Å². The molecule has 1 aromatic rings. The van der Waals surface area contributed by atoms with Crippen LogP contribution >= 0.6 is 0 Å². The van der Waals surface area contributed by atoms with E-state index in [-0.39, 0.29) is 11.9 Å². The molecule has 1 unspecified atom stereocenters. The van der Waals surface area contributed by atoms with E-state index in [4.69, 9.17) is 10.5 Å². The number of hydrogen-bond donors (Lipinski definition) is 1. The van der Waals surface area contributed by atoms with Crippen LogP contribution in [0.15, 0.2) is 18.2 Å². The molecule has 0 saturated carbocycles. The third-order valence-corrected chi connectivity index (χ3v) is 2.84. The number of esters is 1. The zero-order valence-corrected chi connectivity index (χ0v) is 11.9. The fourth-order valence-electron chi connectivity index (χ4n) is 1.95. The van der Waals surface area contributed by atoms with Gasteiger partial charge in [0.15, 0.2) is 0 Å². The molecule has 0 fully saturated rings. The van der Waals surface area contributed by atoms with E-state index in [1.165, 1.54) is 0 Å². The second-order valence-corrected chi connectivity index (χ2v) is 5.75. The molecule has 18 heavy (non-hydrogen) atoms. The standard InChI is InChI=1S/C15H23NO2/c1-10(9-14(17)18-15(3,4)5)12-7-6-8-13(16)11(12)2/h6-8,10H,9,16H2,1-5H3. The molecule has 0 aliphatic heterocycles. The molecule has 1 rings (SSSR count). The number of benzene rings is 1. The van der Waals surface area contributed by atoms with Gasteiger partial charge in [0.25, 0.3) is 0 Å². The first-order valence-electron chi connectivity index (χ1n) is 6.27. The lowest BCUT2D eigenvalue weighted by molar-refractivity contribution is -0.155. The molecule has 100 valence electrons. The van der Waals surface area contributed by atoms with Crippen molar-refractivity contribution in [1.82, 2.24) is 0 Å². The molecular formula is C15H23NO2. The Morgan fingerprint density at radius 3 is 2.56 bits per heavy atom. The maximum atomic E-state index is 11.8. The summed E-state index contributed by atoms with van der Waals surface area (Å²) in [5.41, 5.74) is 8.37. The number of nitrogens with two attached hydrogens (primary N) is 1. The van der Waals surface area contributed by atoms with E-state index in [0.717, 1.165) is 16.8 Å². The first kappa shape index (κ1) is 14.6. The summed E-state index contributed by atoms with van der Waals surface area (Å²) in [5.74, 6) is -0.0554. The van der Waals surface area contributed by atoms with Gasteiger partial charge in [0.2, 0.25) is 0 Å². The molecule has 2 N–H and O–H groups in total. The van der Waals surface area contributed by atoms with Crippen LogP contribution in [-0.2, 0) is 9.53 Å². The predicted molar refractivity (Wildman–Crippen MR) is 74.5 cm³/mol. The van der Waals surface area contributed by atoms with Gasteiger partial charge in [0.05, 0.1) is 6.42 Å². The lowest BCUT2D eigenvalue weighted by Gasteiger charge is -2.21. The summed E-state index contributed by atoms with van der Waals surface area (Å²) in [4.78, 5) is 11.8. The number of hydrogen-bond acceptors (Lipinski definition) is 3. The molecule has 0 amide bonds. The molecule has 0 aromatic heterocycles. The van der Waals surface area contributed by atoms with Crippen LogP contribution in [-0.4, -0.2) is 11.6 Å². The van der Waals surface area contributed by atoms with Gasteiger partial charge in [-0.05, 0) is 50.8 Å². The van der Waals surface area contributed by atoms with Gasteiger partial charge < -0.3 is 10.5 Å². The molecule has 1 aromatic carbocycles. The summed E-state index contributed by atoms with van der Waals surface area (Å²) >= 11 is 0. The second kappa shape index (κ2) is 5.42. The highest BCUT2D eigenvalue weighted by Crippen LogP contribution is 2.27. The van der Waals surface area contributed by atoms with Crippen molar-refractivity contribution in [2.75, 3.05) is 5.73 Å². The Hall–Kier alpha value is -1.51. The van der Waals surface area contributed by atoms with Gasteiger partial charge in [-0.1, -0.05) is 19.1 Å². The smallest absolute Gasteiger partial charge is 0.306 e. The van der Waals surface area contributed by atoms with Crippen molar-refractivity contribution >= 4 is 11.7 Å². The van der Waals surface area contributed by atoms with E-state index < -0.39 is 5.60 Å².